The van der Waals surface area contributed by atoms with Crippen molar-refractivity contribution in [2.24, 2.45) is 0 Å². The molecule has 1 aromatic heterocycles. The summed E-state index contributed by atoms with van der Waals surface area (Å²) < 4.78 is 0. The second-order valence-electron chi connectivity index (χ2n) is 2.88. The highest BCUT2D eigenvalue weighted by molar-refractivity contribution is 7.99. The molecule has 13 heavy (non-hydrogen) atoms. The molecule has 1 N–H and O–H groups in total. The molecule has 1 heterocycles. The van der Waals surface area contributed by atoms with Gasteiger partial charge in [0.15, 0.2) is 0 Å². The molecule has 0 aromatic carbocycles. The highest BCUT2D eigenvalue weighted by Crippen LogP contribution is 2.15. The fraction of sp³-hybridized carbons (Fsp3) is 0.500. The largest absolute Gasteiger partial charge is 0.316 e. The van der Waals surface area contributed by atoms with Gasteiger partial charge in [-0.25, -0.2) is 4.98 Å². The summed E-state index contributed by atoms with van der Waals surface area (Å²) in [6, 6.07) is 4.22. The van der Waals surface area contributed by atoms with Crippen molar-refractivity contribution in [2.75, 3.05) is 12.8 Å². The highest BCUT2D eigenvalue weighted by atomic mass is 32.2. The minimum atomic E-state index is 0.895. The molecule has 0 aliphatic heterocycles. The third-order valence-corrected chi connectivity index (χ3v) is 2.78. The molecule has 1 aromatic rings. The summed E-state index contributed by atoms with van der Waals surface area (Å²) in [5.41, 5.74) is 1.24. The van der Waals surface area contributed by atoms with Crippen LogP contribution < -0.4 is 5.32 Å². The molecule has 0 atom stereocenters. The maximum Gasteiger partial charge on any atom is 0.0960 e. The van der Waals surface area contributed by atoms with E-state index in [1.54, 1.807) is 0 Å². The standard InChI is InChI=1S/C10H16N2S/c1-3-6-13-10-5-4-9(7-11-2)8-12-10/h4-5,8,11H,3,6-7H2,1-2H3. The molecule has 0 saturated carbocycles. The molecule has 0 fully saturated rings. The molecule has 0 aliphatic rings. The van der Waals surface area contributed by atoms with Gasteiger partial charge in [0, 0.05) is 12.7 Å². The lowest BCUT2D eigenvalue weighted by Crippen LogP contribution is -2.05. The summed E-state index contributed by atoms with van der Waals surface area (Å²) in [5, 5.41) is 4.23. The third-order valence-electron chi connectivity index (χ3n) is 1.63. The van der Waals surface area contributed by atoms with Crippen LogP contribution in [0.15, 0.2) is 23.4 Å². The van der Waals surface area contributed by atoms with Crippen molar-refractivity contribution in [3.63, 3.8) is 0 Å². The summed E-state index contributed by atoms with van der Waals surface area (Å²) in [4.78, 5) is 4.36. The number of thioether (sulfide) groups is 1. The van der Waals surface area contributed by atoms with Crippen LogP contribution in [0.3, 0.4) is 0 Å². The van der Waals surface area contributed by atoms with Crippen LogP contribution in [0.2, 0.25) is 0 Å². The van der Waals surface area contributed by atoms with Crippen LogP contribution >= 0.6 is 11.8 Å². The Morgan fingerprint density at radius 1 is 1.46 bits per heavy atom. The van der Waals surface area contributed by atoms with Crippen molar-refractivity contribution in [1.29, 1.82) is 0 Å². The van der Waals surface area contributed by atoms with Gasteiger partial charge < -0.3 is 5.32 Å². The first-order chi connectivity index (χ1) is 6.36. The quantitative estimate of drug-likeness (QED) is 0.731. The molecule has 0 unspecified atom stereocenters. The molecule has 1 rings (SSSR count). The van der Waals surface area contributed by atoms with Crippen molar-refractivity contribution >= 4 is 11.8 Å². The van der Waals surface area contributed by atoms with Crippen LogP contribution in [0.5, 0.6) is 0 Å². The van der Waals surface area contributed by atoms with E-state index in [9.17, 15) is 0 Å². The van der Waals surface area contributed by atoms with Gasteiger partial charge in [-0.2, -0.15) is 0 Å². The number of hydrogen-bond acceptors (Lipinski definition) is 3. The first kappa shape index (κ1) is 10.5. The SMILES string of the molecule is CCCSc1ccc(CNC)cn1. The van der Waals surface area contributed by atoms with Gasteiger partial charge in [-0.05, 0) is 30.9 Å². The zero-order valence-corrected chi connectivity index (χ0v) is 9.03. The lowest BCUT2D eigenvalue weighted by molar-refractivity contribution is 0.809. The molecule has 3 heteroatoms. The van der Waals surface area contributed by atoms with Crippen LogP contribution in [0.1, 0.15) is 18.9 Å². The van der Waals surface area contributed by atoms with Crippen molar-refractivity contribution in [2.45, 2.75) is 24.9 Å². The summed E-state index contributed by atoms with van der Waals surface area (Å²) in [7, 11) is 1.94. The van der Waals surface area contributed by atoms with E-state index in [4.69, 9.17) is 0 Å². The van der Waals surface area contributed by atoms with Gasteiger partial charge >= 0.3 is 0 Å². The van der Waals surface area contributed by atoms with Gasteiger partial charge in [0.25, 0.3) is 0 Å². The Morgan fingerprint density at radius 3 is 2.85 bits per heavy atom. The van der Waals surface area contributed by atoms with E-state index in [1.165, 1.54) is 12.0 Å². The predicted molar refractivity (Wildman–Crippen MR) is 58.0 cm³/mol. The Morgan fingerprint density at radius 2 is 2.31 bits per heavy atom. The topological polar surface area (TPSA) is 24.9 Å². The Labute approximate surface area is 84.1 Å². The van der Waals surface area contributed by atoms with Crippen molar-refractivity contribution in [3.05, 3.63) is 23.9 Å². The van der Waals surface area contributed by atoms with Crippen LogP contribution in [-0.4, -0.2) is 17.8 Å². The van der Waals surface area contributed by atoms with Gasteiger partial charge in [-0.1, -0.05) is 13.0 Å². The second kappa shape index (κ2) is 6.00. The van der Waals surface area contributed by atoms with Crippen LogP contribution in [0, 0.1) is 0 Å². The zero-order chi connectivity index (χ0) is 9.52. The molecule has 0 radical (unpaired) electrons. The van der Waals surface area contributed by atoms with E-state index >= 15 is 0 Å². The molecule has 0 aliphatic carbocycles. The smallest absolute Gasteiger partial charge is 0.0960 e. The first-order valence-electron chi connectivity index (χ1n) is 4.59. The molecule has 2 nitrogen and oxygen atoms in total. The predicted octanol–water partition coefficient (Wildman–Crippen LogP) is 2.30. The van der Waals surface area contributed by atoms with Gasteiger partial charge in [0.1, 0.15) is 0 Å². The van der Waals surface area contributed by atoms with E-state index in [2.05, 4.69) is 29.4 Å². The van der Waals surface area contributed by atoms with E-state index in [-0.39, 0.29) is 0 Å². The number of nitrogens with zero attached hydrogens (tertiary/aromatic N) is 1. The molecule has 0 amide bonds. The van der Waals surface area contributed by atoms with Gasteiger partial charge in [-0.3, -0.25) is 0 Å². The average Bonchev–Trinajstić information content (AvgIpc) is 2.17. The Bertz CT molecular complexity index is 233. The first-order valence-corrected chi connectivity index (χ1v) is 5.57. The molecule has 0 saturated heterocycles. The van der Waals surface area contributed by atoms with Crippen LogP contribution in [0.4, 0.5) is 0 Å². The maximum atomic E-state index is 4.36. The summed E-state index contributed by atoms with van der Waals surface area (Å²) in [6.45, 7) is 3.08. The second-order valence-corrected chi connectivity index (χ2v) is 4.00. The lowest BCUT2D eigenvalue weighted by atomic mass is 10.3. The molecular formula is C10H16N2S. The number of nitrogens with one attached hydrogen (secondary N) is 1. The zero-order valence-electron chi connectivity index (χ0n) is 8.21. The van der Waals surface area contributed by atoms with Gasteiger partial charge in [0.2, 0.25) is 0 Å². The average molecular weight is 196 g/mol. The number of aromatic nitrogens is 1. The Hall–Kier alpha value is -0.540. The fourth-order valence-corrected chi connectivity index (χ4v) is 1.72. The highest BCUT2D eigenvalue weighted by Gasteiger charge is 1.95. The fourth-order valence-electron chi connectivity index (χ4n) is 1.01. The maximum absolute atomic E-state index is 4.36. The van der Waals surface area contributed by atoms with Crippen molar-refractivity contribution < 1.29 is 0 Å². The van der Waals surface area contributed by atoms with E-state index < -0.39 is 0 Å². The number of rotatable bonds is 5. The van der Waals surface area contributed by atoms with Crippen molar-refractivity contribution in [3.8, 4) is 0 Å². The van der Waals surface area contributed by atoms with Gasteiger partial charge in [-0.15, -0.1) is 11.8 Å². The summed E-state index contributed by atoms with van der Waals surface area (Å²) >= 11 is 1.82. The van der Waals surface area contributed by atoms with E-state index in [0.717, 1.165) is 17.3 Å². The molecule has 0 spiro atoms. The van der Waals surface area contributed by atoms with E-state index in [0.29, 0.717) is 0 Å². The number of pyridine rings is 1. The lowest BCUT2D eigenvalue weighted by Gasteiger charge is -2.01. The van der Waals surface area contributed by atoms with Gasteiger partial charge in [0.05, 0.1) is 5.03 Å². The molecule has 72 valence electrons. The third kappa shape index (κ3) is 3.79. The summed E-state index contributed by atoms with van der Waals surface area (Å²) in [5.74, 6) is 1.15. The molecule has 0 bridgehead atoms. The summed E-state index contributed by atoms with van der Waals surface area (Å²) in [6.07, 6.45) is 3.14. The normalized spacial score (nSPS) is 10.3. The minimum absolute atomic E-state index is 0.895. The monoisotopic (exact) mass is 196 g/mol. The van der Waals surface area contributed by atoms with Crippen LogP contribution in [0.25, 0.3) is 0 Å². The van der Waals surface area contributed by atoms with Crippen molar-refractivity contribution in [1.82, 2.24) is 10.3 Å². The number of hydrogen-bond donors (Lipinski definition) is 1. The Kier molecular flexibility index (Phi) is 4.86. The van der Waals surface area contributed by atoms with E-state index in [1.807, 2.05) is 25.0 Å². The molecular weight excluding hydrogens is 180 g/mol. The Balaban J connectivity index is 2.48. The van der Waals surface area contributed by atoms with Crippen LogP contribution in [-0.2, 0) is 6.54 Å². The minimum Gasteiger partial charge on any atom is -0.316 e.